The van der Waals surface area contributed by atoms with Crippen LogP contribution in [0, 0.1) is 11.8 Å². The van der Waals surface area contributed by atoms with Crippen molar-refractivity contribution >= 4 is 11.6 Å². The molecule has 1 aliphatic rings. The van der Waals surface area contributed by atoms with E-state index in [-0.39, 0.29) is 11.6 Å². The van der Waals surface area contributed by atoms with Gasteiger partial charge >= 0.3 is 0 Å². The van der Waals surface area contributed by atoms with Crippen molar-refractivity contribution in [3.8, 4) is 11.5 Å². The zero-order valence-corrected chi connectivity index (χ0v) is 20.0. The maximum Gasteiger partial charge on any atom is 0.167 e. The molecule has 0 aliphatic carbocycles. The van der Waals surface area contributed by atoms with Gasteiger partial charge in [0.1, 0.15) is 17.8 Å². The maximum absolute atomic E-state index is 13.9. The molecule has 0 amide bonds. The zero-order valence-electron chi connectivity index (χ0n) is 20.0. The minimum absolute atomic E-state index is 0.0529. The lowest BCUT2D eigenvalue weighted by Gasteiger charge is -2.42. The van der Waals surface area contributed by atoms with E-state index in [0.717, 1.165) is 5.56 Å². The number of nitrogens with zero attached hydrogens (tertiary/aromatic N) is 3. The normalized spacial score (nSPS) is 20.3. The van der Waals surface area contributed by atoms with Crippen LogP contribution in [0.3, 0.4) is 0 Å². The molecule has 1 saturated heterocycles. The van der Waals surface area contributed by atoms with Gasteiger partial charge in [-0.25, -0.2) is 9.97 Å². The van der Waals surface area contributed by atoms with E-state index in [0.29, 0.717) is 48.8 Å². The highest BCUT2D eigenvalue weighted by molar-refractivity contribution is 6.02. The third-order valence-corrected chi connectivity index (χ3v) is 6.57. The molecule has 1 aromatic heterocycles. The lowest BCUT2D eigenvalue weighted by Crippen LogP contribution is -2.51. The highest BCUT2D eigenvalue weighted by atomic mass is 16.5. The van der Waals surface area contributed by atoms with Gasteiger partial charge in [0, 0.05) is 67.5 Å². The van der Waals surface area contributed by atoms with Gasteiger partial charge in [0.2, 0.25) is 0 Å². The van der Waals surface area contributed by atoms with Gasteiger partial charge in [-0.1, -0.05) is 24.3 Å². The van der Waals surface area contributed by atoms with Crippen LogP contribution in [0.15, 0.2) is 67.3 Å². The molecule has 0 spiro atoms. The Bertz CT molecular complexity index is 1100. The first-order valence-corrected chi connectivity index (χ1v) is 11.6. The Labute approximate surface area is 205 Å². The molecule has 3 aromatic rings. The Morgan fingerprint density at radius 1 is 0.914 bits per heavy atom. The van der Waals surface area contributed by atoms with Gasteiger partial charge in [-0.05, 0) is 29.8 Å². The van der Waals surface area contributed by atoms with Gasteiger partial charge in [-0.15, -0.1) is 0 Å². The number of piperidine rings is 1. The summed E-state index contributed by atoms with van der Waals surface area (Å²) in [6, 6.07) is 14.2. The molecule has 35 heavy (non-hydrogen) atoms. The Hall–Kier alpha value is -3.62. The highest BCUT2D eigenvalue weighted by Crippen LogP contribution is 2.40. The predicted octanol–water partition coefficient (Wildman–Crippen LogP) is 2.85. The van der Waals surface area contributed by atoms with E-state index in [1.165, 1.54) is 6.33 Å². The second-order valence-corrected chi connectivity index (χ2v) is 8.65. The third-order valence-electron chi connectivity index (χ3n) is 6.57. The fourth-order valence-corrected chi connectivity index (χ4v) is 4.92. The summed E-state index contributed by atoms with van der Waals surface area (Å²) in [4.78, 5) is 38.3. The first-order valence-electron chi connectivity index (χ1n) is 11.6. The average Bonchev–Trinajstić information content (AvgIpc) is 2.92. The fourth-order valence-electron chi connectivity index (χ4n) is 4.92. The Morgan fingerprint density at radius 2 is 1.43 bits per heavy atom. The molecule has 1 aliphatic heterocycles. The number of hydrogen-bond acceptors (Lipinski definition) is 8. The summed E-state index contributed by atoms with van der Waals surface area (Å²) in [5, 5.41) is 0. The predicted molar refractivity (Wildman–Crippen MR) is 132 cm³/mol. The van der Waals surface area contributed by atoms with Gasteiger partial charge < -0.3 is 20.1 Å². The maximum atomic E-state index is 13.9. The SMILES string of the molecule is COc1cccc(C(=O)C2CN(CCN)CC(C(=O)c3cccc(OC)c3)C2c2cncnc2)c1. The number of benzene rings is 2. The van der Waals surface area contributed by atoms with Crippen LogP contribution in [0.1, 0.15) is 32.2 Å². The van der Waals surface area contributed by atoms with Gasteiger partial charge in [-0.2, -0.15) is 0 Å². The van der Waals surface area contributed by atoms with E-state index in [1.54, 1.807) is 75.1 Å². The number of aromatic nitrogens is 2. The summed E-state index contributed by atoms with van der Waals surface area (Å²) in [6.07, 6.45) is 4.85. The van der Waals surface area contributed by atoms with Crippen LogP contribution < -0.4 is 15.2 Å². The molecule has 0 saturated carbocycles. The molecular weight excluding hydrogens is 444 g/mol. The molecule has 0 bridgehead atoms. The third kappa shape index (κ3) is 5.39. The number of hydrogen-bond donors (Lipinski definition) is 1. The van der Waals surface area contributed by atoms with Crippen molar-refractivity contribution in [3.63, 3.8) is 0 Å². The zero-order chi connectivity index (χ0) is 24.8. The van der Waals surface area contributed by atoms with Crippen molar-refractivity contribution in [3.05, 3.63) is 83.9 Å². The number of Topliss-reactive ketones (excluding diaryl/α,β-unsaturated/α-hetero) is 2. The molecule has 2 atom stereocenters. The van der Waals surface area contributed by atoms with Crippen LogP contribution in [0.2, 0.25) is 0 Å². The van der Waals surface area contributed by atoms with Crippen LogP contribution in [0.4, 0.5) is 0 Å². The van der Waals surface area contributed by atoms with E-state index in [4.69, 9.17) is 15.2 Å². The van der Waals surface area contributed by atoms with E-state index in [9.17, 15) is 9.59 Å². The summed E-state index contributed by atoms with van der Waals surface area (Å²) in [5.41, 5.74) is 7.73. The molecule has 2 N–H and O–H groups in total. The largest absolute Gasteiger partial charge is 0.497 e. The topological polar surface area (TPSA) is 108 Å². The van der Waals surface area contributed by atoms with Gasteiger partial charge in [0.15, 0.2) is 11.6 Å². The summed E-state index contributed by atoms with van der Waals surface area (Å²) >= 11 is 0. The highest BCUT2D eigenvalue weighted by Gasteiger charge is 2.45. The molecule has 2 heterocycles. The molecular formula is C27H30N4O4. The van der Waals surface area contributed by atoms with Crippen molar-refractivity contribution in [2.45, 2.75) is 5.92 Å². The van der Waals surface area contributed by atoms with Crippen molar-refractivity contribution in [2.24, 2.45) is 17.6 Å². The standard InChI is InChI=1S/C27H30N4O4/c1-34-21-7-3-5-18(11-21)26(32)23-15-31(10-9-28)16-24(25(23)20-13-29-17-30-14-20)27(33)19-6-4-8-22(12-19)35-2/h3-8,11-14,17,23-25H,9-10,15-16,28H2,1-2H3. The fraction of sp³-hybridized carbons (Fsp3) is 0.333. The number of likely N-dealkylation sites (tertiary alicyclic amines) is 1. The van der Waals surface area contributed by atoms with Crippen molar-refractivity contribution in [2.75, 3.05) is 40.4 Å². The average molecular weight is 475 g/mol. The summed E-state index contributed by atoms with van der Waals surface area (Å²) < 4.78 is 10.7. The minimum Gasteiger partial charge on any atom is -0.497 e. The second-order valence-electron chi connectivity index (χ2n) is 8.65. The summed E-state index contributed by atoms with van der Waals surface area (Å²) in [5.74, 6) is -0.280. The lowest BCUT2D eigenvalue weighted by atomic mass is 9.69. The number of carbonyl (C=O) groups is 2. The lowest BCUT2D eigenvalue weighted by molar-refractivity contribution is 0.0578. The molecule has 8 nitrogen and oxygen atoms in total. The number of ketones is 2. The number of methoxy groups -OCH3 is 2. The summed E-state index contributed by atoms with van der Waals surface area (Å²) in [7, 11) is 3.14. The second kappa shape index (κ2) is 11.2. The minimum atomic E-state index is -0.493. The van der Waals surface area contributed by atoms with Gasteiger partial charge in [-0.3, -0.25) is 9.59 Å². The summed E-state index contributed by atoms with van der Waals surface area (Å²) in [6.45, 7) is 1.98. The van der Waals surface area contributed by atoms with E-state index >= 15 is 0 Å². The number of rotatable bonds is 9. The van der Waals surface area contributed by atoms with Crippen LogP contribution in [-0.2, 0) is 0 Å². The Kier molecular flexibility index (Phi) is 7.84. The van der Waals surface area contributed by atoms with Crippen LogP contribution in [-0.4, -0.2) is 66.8 Å². The van der Waals surface area contributed by atoms with Crippen molar-refractivity contribution in [1.29, 1.82) is 0 Å². The molecule has 4 rings (SSSR count). The van der Waals surface area contributed by atoms with Crippen LogP contribution in [0.25, 0.3) is 0 Å². The van der Waals surface area contributed by atoms with E-state index in [1.807, 2.05) is 0 Å². The first-order chi connectivity index (χ1) is 17.0. The molecule has 1 fully saturated rings. The smallest absolute Gasteiger partial charge is 0.167 e. The monoisotopic (exact) mass is 474 g/mol. The number of carbonyl (C=O) groups excluding carboxylic acids is 2. The van der Waals surface area contributed by atoms with Crippen molar-refractivity contribution < 1.29 is 19.1 Å². The molecule has 2 aromatic carbocycles. The quantitative estimate of drug-likeness (QED) is 0.472. The number of ether oxygens (including phenoxy) is 2. The van der Waals surface area contributed by atoms with Gasteiger partial charge in [0.05, 0.1) is 14.2 Å². The molecule has 8 heteroatoms. The first kappa shape index (κ1) is 24.5. The van der Waals surface area contributed by atoms with Crippen LogP contribution >= 0.6 is 0 Å². The Morgan fingerprint density at radius 3 is 1.89 bits per heavy atom. The number of nitrogens with two attached hydrogens (primary N) is 1. The van der Waals surface area contributed by atoms with E-state index in [2.05, 4.69) is 14.9 Å². The van der Waals surface area contributed by atoms with Gasteiger partial charge in [0.25, 0.3) is 0 Å². The Balaban J connectivity index is 1.79. The molecule has 182 valence electrons. The van der Waals surface area contributed by atoms with E-state index < -0.39 is 17.8 Å². The molecule has 2 unspecified atom stereocenters. The van der Waals surface area contributed by atoms with Crippen molar-refractivity contribution in [1.82, 2.24) is 14.9 Å². The molecule has 0 radical (unpaired) electrons. The van der Waals surface area contributed by atoms with Crippen LogP contribution in [0.5, 0.6) is 11.5 Å².